The molecular formula is C25H29N5O4S. The number of pyridine rings is 1. The summed E-state index contributed by atoms with van der Waals surface area (Å²) in [4.78, 5) is 32.9. The van der Waals surface area contributed by atoms with Gasteiger partial charge in [0.2, 0.25) is 5.91 Å². The summed E-state index contributed by atoms with van der Waals surface area (Å²) < 4.78 is 12.5. The van der Waals surface area contributed by atoms with Gasteiger partial charge in [-0.2, -0.15) is 0 Å². The quantitative estimate of drug-likeness (QED) is 0.456. The van der Waals surface area contributed by atoms with Gasteiger partial charge in [0, 0.05) is 44.1 Å². The zero-order chi connectivity index (χ0) is 24.2. The zero-order valence-electron chi connectivity index (χ0n) is 19.6. The van der Waals surface area contributed by atoms with Gasteiger partial charge in [0.1, 0.15) is 23.3 Å². The number of amides is 2. The van der Waals surface area contributed by atoms with E-state index in [4.69, 9.17) is 14.5 Å². The molecule has 3 heterocycles. The summed E-state index contributed by atoms with van der Waals surface area (Å²) in [5, 5.41) is 10.2. The molecule has 0 bridgehead atoms. The van der Waals surface area contributed by atoms with E-state index in [9.17, 15) is 9.59 Å². The number of fused-ring (bicyclic) bond motifs is 1. The van der Waals surface area contributed by atoms with Crippen LogP contribution in [0.5, 0.6) is 11.5 Å². The molecule has 0 radical (unpaired) electrons. The summed E-state index contributed by atoms with van der Waals surface area (Å²) >= 11 is 1.59. The second-order valence-electron chi connectivity index (χ2n) is 8.91. The summed E-state index contributed by atoms with van der Waals surface area (Å²) in [6.45, 7) is 0.687. The van der Waals surface area contributed by atoms with Crippen molar-refractivity contribution in [3.05, 3.63) is 42.2 Å². The van der Waals surface area contributed by atoms with Gasteiger partial charge in [-0.25, -0.2) is 4.98 Å². The fourth-order valence-corrected chi connectivity index (χ4v) is 5.50. The normalized spacial score (nSPS) is 22.0. The molecule has 2 fully saturated rings. The van der Waals surface area contributed by atoms with Gasteiger partial charge >= 0.3 is 0 Å². The van der Waals surface area contributed by atoms with Crippen molar-refractivity contribution in [2.75, 3.05) is 19.0 Å². The van der Waals surface area contributed by atoms with Gasteiger partial charge < -0.3 is 25.4 Å². The molecule has 1 saturated carbocycles. The third-order valence-corrected chi connectivity index (χ3v) is 7.36. The highest BCUT2D eigenvalue weighted by Crippen LogP contribution is 2.33. The average molecular weight is 496 g/mol. The molecular weight excluding hydrogens is 466 g/mol. The molecule has 3 aromatic rings. The second-order valence-corrected chi connectivity index (χ2v) is 9.94. The Morgan fingerprint density at radius 2 is 1.86 bits per heavy atom. The largest absolute Gasteiger partial charge is 0.457 e. The Morgan fingerprint density at radius 1 is 1.06 bits per heavy atom. The second kappa shape index (κ2) is 10.6. The van der Waals surface area contributed by atoms with Gasteiger partial charge in [-0.3, -0.25) is 14.6 Å². The molecule has 2 amide bonds. The van der Waals surface area contributed by atoms with Crippen LogP contribution >= 0.6 is 11.3 Å². The summed E-state index contributed by atoms with van der Waals surface area (Å²) in [5.41, 5.74) is 1.21. The first-order chi connectivity index (χ1) is 17.1. The summed E-state index contributed by atoms with van der Waals surface area (Å²) in [6, 6.07) is 9.64. The maximum absolute atomic E-state index is 12.3. The molecule has 2 aliphatic rings. The number of thiazole rings is 1. The van der Waals surface area contributed by atoms with Crippen molar-refractivity contribution in [1.29, 1.82) is 0 Å². The molecule has 1 aliphatic carbocycles. The number of ether oxygens (including phenoxy) is 2. The van der Waals surface area contributed by atoms with Gasteiger partial charge in [0.05, 0.1) is 10.2 Å². The Hall–Kier alpha value is -3.24. The number of aromatic nitrogens is 2. The van der Waals surface area contributed by atoms with E-state index in [1.807, 2.05) is 18.2 Å². The Bertz CT molecular complexity index is 1200. The van der Waals surface area contributed by atoms with Crippen molar-refractivity contribution in [2.24, 2.45) is 0 Å². The summed E-state index contributed by atoms with van der Waals surface area (Å²) in [5.74, 6) is 0.997. The third kappa shape index (κ3) is 5.71. The van der Waals surface area contributed by atoms with Crippen LogP contribution < -0.4 is 20.7 Å². The van der Waals surface area contributed by atoms with Gasteiger partial charge in [-0.15, -0.1) is 0 Å². The number of carbonyl (C=O) groups excluding carboxylic acids is 2. The minimum atomic E-state index is -0.265. The standard InChI is InChI=1S/C25H29N5O4S/c1-26-23(31)20-13-18(10-11-27-20)34-17-8-9-19-22(14-17)35-25(30-19)29-16-6-4-15(5-7-16)28-24(32)21-3-2-12-33-21/h8-11,13-16,21H,2-7,12H2,1H3,(H,26,31)(H,28,32)(H,29,30)/t15?,16?,21-/m0/s1. The molecule has 1 aliphatic heterocycles. The van der Waals surface area contributed by atoms with E-state index in [1.165, 1.54) is 0 Å². The van der Waals surface area contributed by atoms with Crippen molar-refractivity contribution in [3.8, 4) is 11.5 Å². The maximum atomic E-state index is 12.3. The molecule has 0 spiro atoms. The van der Waals surface area contributed by atoms with Gasteiger partial charge in [-0.1, -0.05) is 11.3 Å². The lowest BCUT2D eigenvalue weighted by Gasteiger charge is -2.30. The highest BCUT2D eigenvalue weighted by Gasteiger charge is 2.28. The fraction of sp³-hybridized carbons (Fsp3) is 0.440. The number of hydrogen-bond acceptors (Lipinski definition) is 8. The molecule has 0 unspecified atom stereocenters. The number of benzene rings is 1. The summed E-state index contributed by atoms with van der Waals surface area (Å²) in [7, 11) is 1.57. The van der Waals surface area contributed by atoms with Crippen LogP contribution in [0.1, 0.15) is 49.0 Å². The number of hydrogen-bond donors (Lipinski definition) is 3. The molecule has 9 nitrogen and oxygen atoms in total. The monoisotopic (exact) mass is 495 g/mol. The van der Waals surface area contributed by atoms with Crippen LogP contribution in [-0.2, 0) is 9.53 Å². The van der Waals surface area contributed by atoms with E-state index < -0.39 is 0 Å². The first-order valence-electron chi connectivity index (χ1n) is 12.0. The fourth-order valence-electron chi connectivity index (χ4n) is 4.53. The average Bonchev–Trinajstić information content (AvgIpc) is 3.55. The summed E-state index contributed by atoms with van der Waals surface area (Å²) in [6.07, 6.45) is 6.94. The number of nitrogens with zero attached hydrogens (tertiary/aromatic N) is 2. The minimum absolute atomic E-state index is 0.0414. The van der Waals surface area contributed by atoms with E-state index in [0.29, 0.717) is 29.8 Å². The zero-order valence-corrected chi connectivity index (χ0v) is 20.4. The van der Waals surface area contributed by atoms with Gasteiger partial charge in [0.15, 0.2) is 5.13 Å². The number of nitrogens with one attached hydrogen (secondary N) is 3. The van der Waals surface area contributed by atoms with Crippen LogP contribution in [0.2, 0.25) is 0 Å². The van der Waals surface area contributed by atoms with Crippen LogP contribution in [0.4, 0.5) is 5.13 Å². The molecule has 3 N–H and O–H groups in total. The molecule has 2 aromatic heterocycles. The lowest BCUT2D eigenvalue weighted by atomic mass is 9.91. The van der Waals surface area contributed by atoms with Crippen molar-refractivity contribution < 1.29 is 19.1 Å². The minimum Gasteiger partial charge on any atom is -0.457 e. The first-order valence-corrected chi connectivity index (χ1v) is 12.8. The van der Waals surface area contributed by atoms with Crippen LogP contribution in [-0.4, -0.2) is 53.6 Å². The lowest BCUT2D eigenvalue weighted by Crippen LogP contribution is -2.44. The Labute approximate surface area is 207 Å². The van der Waals surface area contributed by atoms with Crippen LogP contribution in [0.25, 0.3) is 10.2 Å². The Kier molecular flexibility index (Phi) is 7.10. The van der Waals surface area contributed by atoms with E-state index in [0.717, 1.165) is 53.9 Å². The Morgan fingerprint density at radius 3 is 2.63 bits per heavy atom. The molecule has 1 aromatic carbocycles. The number of rotatable bonds is 7. The van der Waals surface area contributed by atoms with Crippen LogP contribution in [0.15, 0.2) is 36.5 Å². The van der Waals surface area contributed by atoms with Crippen molar-refractivity contribution >= 4 is 38.5 Å². The van der Waals surface area contributed by atoms with E-state index in [2.05, 4.69) is 20.9 Å². The van der Waals surface area contributed by atoms with Crippen molar-refractivity contribution in [1.82, 2.24) is 20.6 Å². The van der Waals surface area contributed by atoms with Gasteiger partial charge in [0.25, 0.3) is 5.91 Å². The Balaban J connectivity index is 1.16. The van der Waals surface area contributed by atoms with E-state index in [-0.39, 0.29) is 24.0 Å². The molecule has 1 atom stereocenters. The molecule has 5 rings (SSSR count). The maximum Gasteiger partial charge on any atom is 0.269 e. The van der Waals surface area contributed by atoms with Crippen molar-refractivity contribution in [3.63, 3.8) is 0 Å². The number of anilines is 1. The van der Waals surface area contributed by atoms with Crippen LogP contribution in [0.3, 0.4) is 0 Å². The van der Waals surface area contributed by atoms with E-state index >= 15 is 0 Å². The highest BCUT2D eigenvalue weighted by atomic mass is 32.1. The first kappa shape index (κ1) is 23.5. The van der Waals surface area contributed by atoms with Gasteiger partial charge in [-0.05, 0) is 56.7 Å². The molecule has 10 heteroatoms. The molecule has 1 saturated heterocycles. The van der Waals surface area contributed by atoms with Crippen molar-refractivity contribution in [2.45, 2.75) is 56.7 Å². The predicted molar refractivity (Wildman–Crippen MR) is 134 cm³/mol. The predicted octanol–water partition coefficient (Wildman–Crippen LogP) is 3.86. The van der Waals surface area contributed by atoms with E-state index in [1.54, 1.807) is 36.7 Å². The molecule has 184 valence electrons. The van der Waals surface area contributed by atoms with Crippen LogP contribution in [0, 0.1) is 0 Å². The molecule has 35 heavy (non-hydrogen) atoms. The topological polar surface area (TPSA) is 114 Å². The smallest absolute Gasteiger partial charge is 0.269 e. The third-order valence-electron chi connectivity index (χ3n) is 6.41. The lowest BCUT2D eigenvalue weighted by molar-refractivity contribution is -0.131. The SMILES string of the molecule is CNC(=O)c1cc(Oc2ccc3nc(NC4CCC(NC(=O)[C@@H]5CCCO5)CC4)sc3c2)ccn1. The highest BCUT2D eigenvalue weighted by molar-refractivity contribution is 7.22. The number of carbonyl (C=O) groups is 2.